The van der Waals surface area contributed by atoms with Gasteiger partial charge in [0.15, 0.2) is 0 Å². The van der Waals surface area contributed by atoms with E-state index in [-0.39, 0.29) is 17.5 Å². The summed E-state index contributed by atoms with van der Waals surface area (Å²) in [5.41, 5.74) is -0.328. The standard InChI is InChI=1S/C9H18O2.C6H12O2/c1-3-4-5-6-7-8(2)9(10)11;1-5(7)8-6(2,3)4/h8H,3-7H2,1-2H3,(H,10,11);1-4H3. The Bertz CT molecular complexity index is 253. The smallest absolute Gasteiger partial charge is 0.306 e. The van der Waals surface area contributed by atoms with E-state index in [1.807, 2.05) is 20.8 Å². The van der Waals surface area contributed by atoms with E-state index in [0.717, 1.165) is 12.8 Å². The molecule has 4 nitrogen and oxygen atoms in total. The molecule has 0 aliphatic carbocycles. The summed E-state index contributed by atoms with van der Waals surface area (Å²) in [7, 11) is 0. The Morgan fingerprint density at radius 1 is 1.16 bits per heavy atom. The number of carbonyl (C=O) groups is 2. The van der Waals surface area contributed by atoms with Gasteiger partial charge in [0.05, 0.1) is 5.92 Å². The quantitative estimate of drug-likeness (QED) is 0.587. The molecule has 0 aromatic heterocycles. The maximum absolute atomic E-state index is 10.4. The van der Waals surface area contributed by atoms with E-state index in [4.69, 9.17) is 9.84 Å². The average molecular weight is 274 g/mol. The molecule has 0 spiro atoms. The van der Waals surface area contributed by atoms with Crippen LogP contribution in [0.3, 0.4) is 0 Å². The average Bonchev–Trinajstić information content (AvgIpc) is 2.21. The second-order valence-corrected chi connectivity index (χ2v) is 5.79. The van der Waals surface area contributed by atoms with Crippen molar-refractivity contribution in [1.82, 2.24) is 0 Å². The number of hydrogen-bond donors (Lipinski definition) is 1. The van der Waals surface area contributed by atoms with Crippen LogP contribution in [0, 0.1) is 5.92 Å². The van der Waals surface area contributed by atoms with Crippen LogP contribution in [0.2, 0.25) is 0 Å². The van der Waals surface area contributed by atoms with Crippen LogP contribution in [0.25, 0.3) is 0 Å². The molecule has 0 fully saturated rings. The molecule has 114 valence electrons. The van der Waals surface area contributed by atoms with Gasteiger partial charge in [0.1, 0.15) is 5.60 Å². The summed E-state index contributed by atoms with van der Waals surface area (Å²) in [6, 6.07) is 0. The molecule has 0 saturated carbocycles. The number of aliphatic carboxylic acids is 1. The fourth-order valence-corrected chi connectivity index (χ4v) is 1.43. The Labute approximate surface area is 117 Å². The van der Waals surface area contributed by atoms with Gasteiger partial charge in [-0.25, -0.2) is 0 Å². The van der Waals surface area contributed by atoms with Gasteiger partial charge in [0, 0.05) is 6.92 Å². The minimum absolute atomic E-state index is 0.160. The highest BCUT2D eigenvalue weighted by molar-refractivity contribution is 5.69. The Hall–Kier alpha value is -1.06. The van der Waals surface area contributed by atoms with Crippen molar-refractivity contribution in [2.24, 2.45) is 5.92 Å². The normalized spacial score (nSPS) is 12.1. The third kappa shape index (κ3) is 19.5. The molecule has 1 N–H and O–H groups in total. The van der Waals surface area contributed by atoms with Crippen molar-refractivity contribution in [3.05, 3.63) is 0 Å². The molecule has 0 radical (unpaired) electrons. The summed E-state index contributed by atoms with van der Waals surface area (Å²) < 4.78 is 4.80. The molecule has 0 aliphatic rings. The Balaban J connectivity index is 0. The monoisotopic (exact) mass is 274 g/mol. The zero-order chi connectivity index (χ0) is 15.5. The van der Waals surface area contributed by atoms with Crippen LogP contribution in [-0.4, -0.2) is 22.6 Å². The van der Waals surface area contributed by atoms with E-state index in [1.54, 1.807) is 6.92 Å². The summed E-state index contributed by atoms with van der Waals surface area (Å²) in [6.45, 7) is 10.9. The zero-order valence-corrected chi connectivity index (χ0v) is 13.3. The predicted molar refractivity (Wildman–Crippen MR) is 77.1 cm³/mol. The molecular formula is C15H30O4. The number of carboxylic acid groups (broad SMARTS) is 1. The molecule has 1 unspecified atom stereocenters. The lowest BCUT2D eigenvalue weighted by atomic mass is 10.0. The maximum Gasteiger partial charge on any atom is 0.306 e. The highest BCUT2D eigenvalue weighted by atomic mass is 16.6. The van der Waals surface area contributed by atoms with Crippen molar-refractivity contribution in [3.8, 4) is 0 Å². The molecule has 0 aromatic rings. The fraction of sp³-hybridized carbons (Fsp3) is 0.867. The second-order valence-electron chi connectivity index (χ2n) is 5.79. The van der Waals surface area contributed by atoms with Crippen LogP contribution in [0.4, 0.5) is 0 Å². The van der Waals surface area contributed by atoms with Gasteiger partial charge in [-0.3, -0.25) is 9.59 Å². The first-order valence-electron chi connectivity index (χ1n) is 7.02. The van der Waals surface area contributed by atoms with Crippen LogP contribution >= 0.6 is 0 Å². The Kier molecular flexibility index (Phi) is 11.5. The Morgan fingerprint density at radius 2 is 1.68 bits per heavy atom. The maximum atomic E-state index is 10.4. The molecule has 0 saturated heterocycles. The van der Waals surface area contributed by atoms with E-state index < -0.39 is 5.97 Å². The van der Waals surface area contributed by atoms with Crippen molar-refractivity contribution in [1.29, 1.82) is 0 Å². The zero-order valence-electron chi connectivity index (χ0n) is 13.3. The van der Waals surface area contributed by atoms with E-state index >= 15 is 0 Å². The topological polar surface area (TPSA) is 63.6 Å². The van der Waals surface area contributed by atoms with Gasteiger partial charge in [-0.1, -0.05) is 39.5 Å². The highest BCUT2D eigenvalue weighted by Crippen LogP contribution is 2.10. The van der Waals surface area contributed by atoms with Crippen molar-refractivity contribution in [2.75, 3.05) is 0 Å². The van der Waals surface area contributed by atoms with Crippen LogP contribution < -0.4 is 0 Å². The van der Waals surface area contributed by atoms with E-state index in [9.17, 15) is 9.59 Å². The number of rotatable bonds is 6. The van der Waals surface area contributed by atoms with Crippen molar-refractivity contribution in [2.45, 2.75) is 79.2 Å². The SMILES string of the molecule is CC(=O)OC(C)(C)C.CCCCCCC(C)C(=O)O. The minimum atomic E-state index is -0.665. The molecule has 0 heterocycles. The minimum Gasteiger partial charge on any atom is -0.481 e. The highest BCUT2D eigenvalue weighted by Gasteiger charge is 2.11. The van der Waals surface area contributed by atoms with Crippen molar-refractivity contribution >= 4 is 11.9 Å². The summed E-state index contributed by atoms with van der Waals surface area (Å²) in [6.07, 6.45) is 5.50. The van der Waals surface area contributed by atoms with Gasteiger partial charge in [-0.05, 0) is 27.2 Å². The van der Waals surface area contributed by atoms with E-state index in [0.29, 0.717) is 0 Å². The molecule has 0 amide bonds. The number of ether oxygens (including phenoxy) is 1. The van der Waals surface area contributed by atoms with E-state index in [2.05, 4.69) is 6.92 Å². The number of unbranched alkanes of at least 4 members (excludes halogenated alkanes) is 3. The molecule has 19 heavy (non-hydrogen) atoms. The van der Waals surface area contributed by atoms with Crippen LogP contribution in [0.15, 0.2) is 0 Å². The first-order valence-corrected chi connectivity index (χ1v) is 7.02. The summed E-state index contributed by atoms with van der Waals surface area (Å²) in [5, 5.41) is 8.54. The number of carbonyl (C=O) groups excluding carboxylic acids is 1. The van der Waals surface area contributed by atoms with Gasteiger partial charge in [0.2, 0.25) is 0 Å². The number of esters is 1. The lowest BCUT2D eigenvalue weighted by Crippen LogP contribution is -2.21. The first-order chi connectivity index (χ1) is 8.60. The molecule has 1 atom stereocenters. The largest absolute Gasteiger partial charge is 0.481 e. The summed E-state index contributed by atoms with van der Waals surface area (Å²) in [5.74, 6) is -1.05. The van der Waals surface area contributed by atoms with Crippen LogP contribution in [0.5, 0.6) is 0 Å². The van der Waals surface area contributed by atoms with Gasteiger partial charge in [0.25, 0.3) is 0 Å². The predicted octanol–water partition coefficient (Wildman–Crippen LogP) is 4.03. The van der Waals surface area contributed by atoms with Crippen LogP contribution in [-0.2, 0) is 14.3 Å². The van der Waals surface area contributed by atoms with Gasteiger partial charge in [-0.15, -0.1) is 0 Å². The van der Waals surface area contributed by atoms with Gasteiger partial charge in [-0.2, -0.15) is 0 Å². The van der Waals surface area contributed by atoms with Gasteiger partial charge >= 0.3 is 11.9 Å². The summed E-state index contributed by atoms with van der Waals surface area (Å²) >= 11 is 0. The molecule has 4 heteroatoms. The fourth-order valence-electron chi connectivity index (χ4n) is 1.43. The van der Waals surface area contributed by atoms with Crippen LogP contribution in [0.1, 0.15) is 73.6 Å². The lowest BCUT2D eigenvalue weighted by molar-refractivity contribution is -0.152. The number of hydrogen-bond acceptors (Lipinski definition) is 3. The molecular weight excluding hydrogens is 244 g/mol. The van der Waals surface area contributed by atoms with E-state index in [1.165, 1.54) is 26.2 Å². The number of carboxylic acids is 1. The van der Waals surface area contributed by atoms with Crippen molar-refractivity contribution in [3.63, 3.8) is 0 Å². The molecule has 0 aromatic carbocycles. The lowest BCUT2D eigenvalue weighted by Gasteiger charge is -2.17. The third-order valence-electron chi connectivity index (χ3n) is 2.36. The molecule has 0 aliphatic heterocycles. The summed E-state index contributed by atoms with van der Waals surface area (Å²) in [4.78, 5) is 20.6. The van der Waals surface area contributed by atoms with Crippen molar-refractivity contribution < 1.29 is 19.4 Å². The Morgan fingerprint density at radius 3 is 1.95 bits per heavy atom. The molecule has 0 bridgehead atoms. The third-order valence-corrected chi connectivity index (χ3v) is 2.36. The second kappa shape index (κ2) is 10.8. The first kappa shape index (κ1) is 20.3. The molecule has 0 rings (SSSR count). The van der Waals surface area contributed by atoms with Gasteiger partial charge < -0.3 is 9.84 Å².